The summed E-state index contributed by atoms with van der Waals surface area (Å²) in [6, 6.07) is 12.0. The molecule has 2 aromatic carbocycles. The number of nitrogens with zero attached hydrogens (tertiary/aromatic N) is 2. The van der Waals surface area contributed by atoms with Crippen molar-refractivity contribution in [1.82, 2.24) is 10.2 Å². The van der Waals surface area contributed by atoms with Crippen LogP contribution in [-0.2, 0) is 0 Å². The van der Waals surface area contributed by atoms with Gasteiger partial charge in [-0.2, -0.15) is 0 Å². The summed E-state index contributed by atoms with van der Waals surface area (Å²) in [6.07, 6.45) is 5.50. The minimum Gasteiger partial charge on any atom is -0.497 e. The number of hydrogen-bond acceptors (Lipinski definition) is 5. The van der Waals surface area contributed by atoms with Crippen LogP contribution in [0.4, 0.5) is 0 Å². The number of aliphatic imine (C=N–C) groups is 1. The summed E-state index contributed by atoms with van der Waals surface area (Å²) in [5, 5.41) is 3.18. The molecule has 34 heavy (non-hydrogen) atoms. The second-order valence-corrected chi connectivity index (χ2v) is 9.47. The van der Waals surface area contributed by atoms with E-state index in [-0.39, 0.29) is 11.9 Å². The summed E-state index contributed by atoms with van der Waals surface area (Å²) >= 11 is 2.43. The van der Waals surface area contributed by atoms with Gasteiger partial charge in [0, 0.05) is 30.6 Å². The first-order valence-electron chi connectivity index (χ1n) is 11.6. The number of aryl methyl sites for hydroxylation is 1. The highest BCUT2D eigenvalue weighted by atomic mass is 127. The van der Waals surface area contributed by atoms with Gasteiger partial charge in [-0.1, -0.05) is 34.7 Å². The molecule has 1 atom stereocenters. The summed E-state index contributed by atoms with van der Waals surface area (Å²) in [5.74, 6) is 1.14. The van der Waals surface area contributed by atoms with Crippen LogP contribution in [-0.4, -0.2) is 48.8 Å². The summed E-state index contributed by atoms with van der Waals surface area (Å²) in [6.45, 7) is 6.20. The van der Waals surface area contributed by atoms with Crippen LogP contribution in [0.3, 0.4) is 0 Å². The van der Waals surface area contributed by atoms with Gasteiger partial charge >= 0.3 is 0 Å². The number of allylic oxidation sites excluding steroid dienone is 1. The molecule has 1 heterocycles. The smallest absolute Gasteiger partial charge is 0.252 e. The van der Waals surface area contributed by atoms with E-state index in [2.05, 4.69) is 56.0 Å². The number of nitrogens with one attached hydrogen (secondary N) is 1. The Hall–Kier alpha value is -2.39. The van der Waals surface area contributed by atoms with Crippen LogP contribution < -0.4 is 15.8 Å². The van der Waals surface area contributed by atoms with Gasteiger partial charge < -0.3 is 15.8 Å². The minimum absolute atomic E-state index is 0.0642. The number of nitrogens with two attached hydrogens (primary N) is 1. The molecule has 3 N–H and O–H groups in total. The van der Waals surface area contributed by atoms with Gasteiger partial charge in [-0.3, -0.25) is 14.7 Å². The highest BCUT2D eigenvalue weighted by Crippen LogP contribution is 2.30. The lowest BCUT2D eigenvalue weighted by Gasteiger charge is -2.31. The molecule has 0 aromatic heterocycles. The molecular weight excluding hydrogens is 539 g/mol. The fourth-order valence-corrected chi connectivity index (χ4v) is 5.07. The number of benzene rings is 2. The molecule has 0 aliphatic carbocycles. The van der Waals surface area contributed by atoms with Gasteiger partial charge in [0.05, 0.1) is 17.7 Å². The number of amides is 1. The Kier molecular flexibility index (Phi) is 9.53. The van der Waals surface area contributed by atoms with Crippen LogP contribution in [0.5, 0.6) is 5.75 Å². The lowest BCUT2D eigenvalue weighted by Crippen LogP contribution is -2.32. The Morgan fingerprint density at radius 2 is 2.03 bits per heavy atom. The number of hydrogen-bond donors (Lipinski definition) is 2. The normalized spacial score (nSPS) is 16.6. The maximum atomic E-state index is 13.3. The molecule has 1 fully saturated rings. The van der Waals surface area contributed by atoms with Crippen molar-refractivity contribution in [2.24, 2.45) is 10.7 Å². The summed E-state index contributed by atoms with van der Waals surface area (Å²) in [5.41, 5.74) is 11.4. The third-order valence-electron chi connectivity index (χ3n) is 6.53. The van der Waals surface area contributed by atoms with Gasteiger partial charge in [0.15, 0.2) is 0 Å². The monoisotopic (exact) mass is 574 g/mol. The predicted molar refractivity (Wildman–Crippen MR) is 149 cm³/mol. The molecule has 0 spiro atoms. The first-order valence-corrected chi connectivity index (χ1v) is 13.2. The highest BCUT2D eigenvalue weighted by Gasteiger charge is 2.22. The van der Waals surface area contributed by atoms with E-state index in [1.807, 2.05) is 32.0 Å². The summed E-state index contributed by atoms with van der Waals surface area (Å²) in [4.78, 5) is 19.9. The third kappa shape index (κ3) is 6.39. The first-order chi connectivity index (χ1) is 16.4. The highest BCUT2D eigenvalue weighted by molar-refractivity contribution is 14.1. The second kappa shape index (κ2) is 12.4. The standard InChI is InChI=1S/C27H35IN4O2/c1-18-5-6-21(20-7-9-32(17-28)10-8-20)14-26(18)27(33)31-19(2)22-11-23(13-25(12-22)34-4)24(15-29)16-30-3/h5-6,11-16,19-20H,7-10,17,29H2,1-4H3,(H,31,33)/t19-/m1/s1. The molecule has 3 rings (SSSR count). The number of carbonyl (C=O) groups is 1. The van der Waals surface area contributed by atoms with Crippen molar-refractivity contribution < 1.29 is 9.53 Å². The van der Waals surface area contributed by atoms with Crippen molar-refractivity contribution in [3.8, 4) is 5.75 Å². The molecule has 6 nitrogen and oxygen atoms in total. The maximum absolute atomic E-state index is 13.3. The zero-order chi connectivity index (χ0) is 24.7. The number of carbonyl (C=O) groups excluding carboxylic acids is 1. The van der Waals surface area contributed by atoms with E-state index in [4.69, 9.17) is 10.5 Å². The predicted octanol–water partition coefficient (Wildman–Crippen LogP) is 5.07. The Morgan fingerprint density at radius 3 is 2.65 bits per heavy atom. The molecule has 0 bridgehead atoms. The second-order valence-electron chi connectivity index (χ2n) is 8.79. The third-order valence-corrected chi connectivity index (χ3v) is 7.49. The van der Waals surface area contributed by atoms with Gasteiger partial charge in [0.2, 0.25) is 0 Å². The Morgan fingerprint density at radius 1 is 1.29 bits per heavy atom. The zero-order valence-corrected chi connectivity index (χ0v) is 22.6. The fraction of sp³-hybridized carbons (Fsp3) is 0.407. The molecular formula is C27H35IN4O2. The van der Waals surface area contributed by atoms with Crippen LogP contribution in [0, 0.1) is 6.92 Å². The van der Waals surface area contributed by atoms with E-state index in [0.717, 1.165) is 58.3 Å². The van der Waals surface area contributed by atoms with Crippen LogP contribution in [0.2, 0.25) is 0 Å². The summed E-state index contributed by atoms with van der Waals surface area (Å²) in [7, 11) is 3.34. The number of alkyl halides is 1. The van der Waals surface area contributed by atoms with Gasteiger partial charge in [-0.15, -0.1) is 0 Å². The molecule has 0 saturated carbocycles. The van der Waals surface area contributed by atoms with E-state index in [0.29, 0.717) is 11.7 Å². The van der Waals surface area contributed by atoms with Gasteiger partial charge in [-0.25, -0.2) is 0 Å². The van der Waals surface area contributed by atoms with Crippen molar-refractivity contribution in [3.63, 3.8) is 0 Å². The topological polar surface area (TPSA) is 80.0 Å². The van der Waals surface area contributed by atoms with Crippen molar-refractivity contribution in [2.75, 3.05) is 31.8 Å². The molecule has 7 heteroatoms. The van der Waals surface area contributed by atoms with E-state index >= 15 is 0 Å². The number of piperidine rings is 1. The number of likely N-dealkylation sites (tertiary alicyclic amines) is 1. The Balaban J connectivity index is 1.80. The van der Waals surface area contributed by atoms with Crippen LogP contribution in [0.1, 0.15) is 64.3 Å². The van der Waals surface area contributed by atoms with Crippen molar-refractivity contribution in [3.05, 3.63) is 70.4 Å². The van der Waals surface area contributed by atoms with Crippen molar-refractivity contribution in [2.45, 2.75) is 38.6 Å². The molecule has 0 unspecified atom stereocenters. The maximum Gasteiger partial charge on any atom is 0.252 e. The number of methoxy groups -OCH3 is 1. The van der Waals surface area contributed by atoms with Crippen molar-refractivity contribution >= 4 is 40.3 Å². The fourth-order valence-electron chi connectivity index (χ4n) is 4.39. The molecule has 182 valence electrons. The molecule has 1 aliphatic heterocycles. The average molecular weight is 575 g/mol. The van der Waals surface area contributed by atoms with Crippen molar-refractivity contribution in [1.29, 1.82) is 0 Å². The van der Waals surface area contributed by atoms with Gasteiger partial charge in [-0.05, 0) is 92.2 Å². The lowest BCUT2D eigenvalue weighted by molar-refractivity contribution is 0.0939. The van der Waals surface area contributed by atoms with E-state index in [1.54, 1.807) is 20.4 Å². The summed E-state index contributed by atoms with van der Waals surface area (Å²) < 4.78 is 6.57. The number of ether oxygens (including phenoxy) is 1. The SMILES string of the molecule is CN=CC(=CN)c1cc(OC)cc([C@@H](C)NC(=O)c2cc(C3CCN(CI)CC3)ccc2C)c1. The Bertz CT molecular complexity index is 1060. The Labute approximate surface area is 216 Å². The number of halogens is 1. The van der Waals surface area contributed by atoms with Crippen LogP contribution in [0.25, 0.3) is 5.57 Å². The molecule has 1 aliphatic rings. The van der Waals surface area contributed by atoms with Gasteiger partial charge in [0.25, 0.3) is 5.91 Å². The minimum atomic E-state index is -0.214. The molecule has 0 radical (unpaired) electrons. The quantitative estimate of drug-likeness (QED) is 0.200. The molecule has 2 aromatic rings. The lowest BCUT2D eigenvalue weighted by atomic mass is 9.87. The first kappa shape index (κ1) is 26.2. The van der Waals surface area contributed by atoms with E-state index < -0.39 is 0 Å². The number of rotatable bonds is 8. The van der Waals surface area contributed by atoms with E-state index in [1.165, 1.54) is 11.8 Å². The molecule has 1 amide bonds. The zero-order valence-electron chi connectivity index (χ0n) is 20.5. The van der Waals surface area contributed by atoms with Crippen LogP contribution in [0.15, 0.2) is 47.6 Å². The molecule has 1 saturated heterocycles. The van der Waals surface area contributed by atoms with Gasteiger partial charge in [0.1, 0.15) is 5.75 Å². The van der Waals surface area contributed by atoms with Crippen LogP contribution >= 0.6 is 22.6 Å². The largest absolute Gasteiger partial charge is 0.497 e. The van der Waals surface area contributed by atoms with E-state index in [9.17, 15) is 4.79 Å². The average Bonchev–Trinajstić information content (AvgIpc) is 2.87.